The Morgan fingerprint density at radius 1 is 1.24 bits per heavy atom. The number of nitro benzene ring substituents is 1. The Bertz CT molecular complexity index is 658. The van der Waals surface area contributed by atoms with Crippen LogP contribution in [0.15, 0.2) is 42.5 Å². The maximum Gasteiger partial charge on any atom is 0.315 e. The zero-order valence-electron chi connectivity index (χ0n) is 12.2. The minimum atomic E-state index is -0.377. The molecule has 0 heterocycles. The van der Waals surface area contributed by atoms with Crippen molar-refractivity contribution in [3.05, 3.63) is 52.6 Å². The second-order valence-corrected chi connectivity index (χ2v) is 4.44. The third-order valence-electron chi connectivity index (χ3n) is 3.27. The van der Waals surface area contributed by atoms with Gasteiger partial charge in [0.25, 0.3) is 0 Å². The zero-order valence-corrected chi connectivity index (χ0v) is 12.2. The molecule has 6 heteroatoms. The number of anilines is 3. The van der Waals surface area contributed by atoms with Crippen molar-refractivity contribution in [3.8, 4) is 5.75 Å². The molecular weight excluding hydrogens is 270 g/mol. The molecule has 0 saturated heterocycles. The van der Waals surface area contributed by atoms with Crippen LogP contribution in [-0.4, -0.2) is 26.1 Å². The van der Waals surface area contributed by atoms with E-state index < -0.39 is 0 Å². The monoisotopic (exact) mass is 287 g/mol. The van der Waals surface area contributed by atoms with E-state index in [2.05, 4.69) is 5.32 Å². The molecule has 0 aromatic heterocycles. The van der Waals surface area contributed by atoms with Crippen LogP contribution in [0.3, 0.4) is 0 Å². The fourth-order valence-corrected chi connectivity index (χ4v) is 2.15. The molecule has 0 atom stereocenters. The van der Waals surface area contributed by atoms with Gasteiger partial charge < -0.3 is 15.0 Å². The van der Waals surface area contributed by atoms with Crippen LogP contribution in [0.5, 0.6) is 5.75 Å². The Labute approximate surface area is 123 Å². The molecule has 2 rings (SSSR count). The fraction of sp³-hybridized carbons (Fsp3) is 0.200. The molecule has 0 aliphatic carbocycles. The second-order valence-electron chi connectivity index (χ2n) is 4.44. The molecule has 0 bridgehead atoms. The van der Waals surface area contributed by atoms with Gasteiger partial charge in [0.15, 0.2) is 0 Å². The average molecular weight is 287 g/mol. The van der Waals surface area contributed by atoms with Crippen molar-refractivity contribution in [3.63, 3.8) is 0 Å². The van der Waals surface area contributed by atoms with Crippen LogP contribution in [0.4, 0.5) is 22.7 Å². The third kappa shape index (κ3) is 2.89. The molecule has 110 valence electrons. The summed E-state index contributed by atoms with van der Waals surface area (Å²) in [6.45, 7) is 0. The van der Waals surface area contributed by atoms with Crippen molar-refractivity contribution in [1.29, 1.82) is 0 Å². The number of methoxy groups -OCH3 is 1. The second kappa shape index (κ2) is 6.13. The molecule has 0 unspecified atom stereocenters. The summed E-state index contributed by atoms with van der Waals surface area (Å²) < 4.78 is 5.19. The van der Waals surface area contributed by atoms with E-state index in [-0.39, 0.29) is 10.6 Å². The highest BCUT2D eigenvalue weighted by molar-refractivity contribution is 5.80. The van der Waals surface area contributed by atoms with Crippen LogP contribution in [-0.2, 0) is 0 Å². The smallest absolute Gasteiger partial charge is 0.315 e. The molecule has 2 aromatic carbocycles. The number of benzene rings is 2. The number of ether oxygens (including phenoxy) is 1. The largest absolute Gasteiger partial charge is 0.497 e. The van der Waals surface area contributed by atoms with E-state index in [1.165, 1.54) is 0 Å². The van der Waals surface area contributed by atoms with E-state index in [1.54, 1.807) is 44.3 Å². The van der Waals surface area contributed by atoms with Gasteiger partial charge >= 0.3 is 5.69 Å². The van der Waals surface area contributed by atoms with Gasteiger partial charge in [0, 0.05) is 25.8 Å². The lowest BCUT2D eigenvalue weighted by Crippen LogP contribution is -2.12. The van der Waals surface area contributed by atoms with Gasteiger partial charge in [-0.2, -0.15) is 0 Å². The van der Waals surface area contributed by atoms with Crippen molar-refractivity contribution in [2.75, 3.05) is 31.4 Å². The third-order valence-corrected chi connectivity index (χ3v) is 3.27. The number of hydrogen-bond acceptors (Lipinski definition) is 5. The molecule has 6 nitrogen and oxygen atoms in total. The first-order valence-corrected chi connectivity index (χ1v) is 6.41. The highest BCUT2D eigenvalue weighted by Crippen LogP contribution is 2.38. The molecule has 1 N–H and O–H groups in total. The van der Waals surface area contributed by atoms with E-state index >= 15 is 0 Å². The SMILES string of the molecule is CNc1cccc(N(C)c2cccc(OC)c2)c1[N+](=O)[O-]. The minimum absolute atomic E-state index is 0.0466. The number of hydrogen-bond donors (Lipinski definition) is 1. The lowest BCUT2D eigenvalue weighted by Gasteiger charge is -2.20. The molecule has 0 saturated carbocycles. The van der Waals surface area contributed by atoms with E-state index in [9.17, 15) is 10.1 Å². The molecule has 21 heavy (non-hydrogen) atoms. The Morgan fingerprint density at radius 2 is 1.95 bits per heavy atom. The highest BCUT2D eigenvalue weighted by atomic mass is 16.6. The van der Waals surface area contributed by atoms with Gasteiger partial charge in [0.05, 0.1) is 12.0 Å². The number of para-hydroxylation sites is 1. The van der Waals surface area contributed by atoms with Crippen LogP contribution in [0, 0.1) is 10.1 Å². The number of nitrogens with zero attached hydrogens (tertiary/aromatic N) is 2. The molecule has 0 aliphatic heterocycles. The molecule has 0 aliphatic rings. The molecule has 0 amide bonds. The quantitative estimate of drug-likeness (QED) is 0.674. The molecule has 0 fully saturated rings. The fourth-order valence-electron chi connectivity index (χ4n) is 2.15. The van der Waals surface area contributed by atoms with Gasteiger partial charge in [-0.3, -0.25) is 10.1 Å². The van der Waals surface area contributed by atoms with Crippen molar-refractivity contribution in [1.82, 2.24) is 0 Å². The van der Waals surface area contributed by atoms with Gasteiger partial charge in [-0.05, 0) is 24.3 Å². The highest BCUT2D eigenvalue weighted by Gasteiger charge is 2.22. The van der Waals surface area contributed by atoms with Gasteiger partial charge in [0.2, 0.25) is 0 Å². The minimum Gasteiger partial charge on any atom is -0.497 e. The lowest BCUT2D eigenvalue weighted by atomic mass is 10.2. The van der Waals surface area contributed by atoms with Crippen LogP contribution in [0.2, 0.25) is 0 Å². The Morgan fingerprint density at radius 3 is 2.57 bits per heavy atom. The Hall–Kier alpha value is -2.76. The first kappa shape index (κ1) is 14.6. The molecule has 0 spiro atoms. The topological polar surface area (TPSA) is 67.6 Å². The van der Waals surface area contributed by atoms with Crippen LogP contribution < -0.4 is 15.0 Å². The maximum atomic E-state index is 11.4. The number of nitro groups is 1. The zero-order chi connectivity index (χ0) is 15.4. The summed E-state index contributed by atoms with van der Waals surface area (Å²) in [6.07, 6.45) is 0. The predicted octanol–water partition coefficient (Wildman–Crippen LogP) is 3.41. The van der Waals surface area contributed by atoms with Gasteiger partial charge in [-0.1, -0.05) is 12.1 Å². The Balaban J connectivity index is 2.52. The summed E-state index contributed by atoms with van der Waals surface area (Å²) in [5.74, 6) is 0.701. The summed E-state index contributed by atoms with van der Waals surface area (Å²) in [7, 11) is 5.04. The van der Waals surface area contributed by atoms with Crippen molar-refractivity contribution in [2.24, 2.45) is 0 Å². The molecular formula is C15H17N3O3. The van der Waals surface area contributed by atoms with Crippen molar-refractivity contribution < 1.29 is 9.66 Å². The summed E-state index contributed by atoms with van der Waals surface area (Å²) in [5.41, 5.74) is 1.85. The van der Waals surface area contributed by atoms with Crippen molar-refractivity contribution in [2.45, 2.75) is 0 Å². The van der Waals surface area contributed by atoms with Crippen LogP contribution >= 0.6 is 0 Å². The summed E-state index contributed by atoms with van der Waals surface area (Å²) in [5, 5.41) is 14.2. The first-order valence-electron chi connectivity index (χ1n) is 6.41. The summed E-state index contributed by atoms with van der Waals surface area (Å²) in [6, 6.07) is 12.6. The van der Waals surface area contributed by atoms with E-state index in [0.717, 1.165) is 5.69 Å². The summed E-state index contributed by atoms with van der Waals surface area (Å²) in [4.78, 5) is 12.8. The van der Waals surface area contributed by atoms with E-state index in [4.69, 9.17) is 4.74 Å². The average Bonchev–Trinajstić information content (AvgIpc) is 2.53. The van der Waals surface area contributed by atoms with E-state index in [1.807, 2.05) is 24.3 Å². The normalized spacial score (nSPS) is 10.0. The van der Waals surface area contributed by atoms with Gasteiger partial charge in [-0.25, -0.2) is 0 Å². The van der Waals surface area contributed by atoms with Crippen LogP contribution in [0.1, 0.15) is 0 Å². The van der Waals surface area contributed by atoms with E-state index in [0.29, 0.717) is 17.1 Å². The first-order chi connectivity index (χ1) is 10.1. The predicted molar refractivity (Wildman–Crippen MR) is 83.7 cm³/mol. The maximum absolute atomic E-state index is 11.4. The number of nitrogens with one attached hydrogen (secondary N) is 1. The molecule has 0 radical (unpaired) electrons. The lowest BCUT2D eigenvalue weighted by molar-refractivity contribution is -0.383. The van der Waals surface area contributed by atoms with Crippen LogP contribution in [0.25, 0.3) is 0 Å². The number of rotatable bonds is 5. The van der Waals surface area contributed by atoms with Gasteiger partial charge in [-0.15, -0.1) is 0 Å². The molecule has 2 aromatic rings. The Kier molecular flexibility index (Phi) is 4.27. The van der Waals surface area contributed by atoms with Crippen molar-refractivity contribution >= 4 is 22.7 Å². The standard InChI is InChI=1S/C15H17N3O3/c1-16-13-8-5-9-14(15(13)18(19)20)17(2)11-6-4-7-12(10-11)21-3/h4-10,16H,1-3H3. The van der Waals surface area contributed by atoms with Gasteiger partial charge in [0.1, 0.15) is 17.1 Å². The summed E-state index contributed by atoms with van der Waals surface area (Å²) >= 11 is 0.